The molecule has 0 aliphatic heterocycles. The molecule has 2 nitrogen and oxygen atoms in total. The van der Waals surface area contributed by atoms with Crippen molar-refractivity contribution in [3.8, 4) is 0 Å². The summed E-state index contributed by atoms with van der Waals surface area (Å²) in [7, 11) is 0. The second-order valence-electron chi connectivity index (χ2n) is 5.80. The predicted octanol–water partition coefficient (Wildman–Crippen LogP) is 4.97. The average molecular weight is 302 g/mol. The summed E-state index contributed by atoms with van der Waals surface area (Å²) in [5, 5.41) is 3.37. The van der Waals surface area contributed by atoms with Gasteiger partial charge >= 0.3 is 6.18 Å². The highest BCUT2D eigenvalue weighted by atomic mass is 19.4. The van der Waals surface area contributed by atoms with Crippen LogP contribution in [-0.2, 0) is 6.18 Å². The fraction of sp³-hybridized carbons (Fsp3) is 0.688. The van der Waals surface area contributed by atoms with Crippen LogP contribution >= 0.6 is 0 Å². The minimum Gasteiger partial charge on any atom is -0.309 e. The monoisotopic (exact) mass is 302 g/mol. The molecular weight excluding hydrogens is 277 g/mol. The lowest BCUT2D eigenvalue weighted by Crippen LogP contribution is -2.23. The molecule has 1 atom stereocenters. The topological polar surface area (TPSA) is 24.9 Å². The van der Waals surface area contributed by atoms with Gasteiger partial charge in [-0.3, -0.25) is 4.98 Å². The largest absolute Gasteiger partial charge is 0.417 e. The molecule has 1 rings (SSSR count). The Kier molecular flexibility index (Phi) is 7.15. The summed E-state index contributed by atoms with van der Waals surface area (Å²) in [5.74, 6) is 0.636. The zero-order chi connectivity index (χ0) is 15.9. The van der Waals surface area contributed by atoms with Crippen LogP contribution in [0, 0.1) is 5.92 Å². The number of hydrogen-bond acceptors (Lipinski definition) is 2. The van der Waals surface area contributed by atoms with E-state index in [1.165, 1.54) is 6.07 Å². The zero-order valence-corrected chi connectivity index (χ0v) is 13.0. The first-order valence-electron chi connectivity index (χ1n) is 7.61. The van der Waals surface area contributed by atoms with Gasteiger partial charge in [0.05, 0.1) is 11.3 Å². The van der Waals surface area contributed by atoms with E-state index in [1.807, 2.05) is 0 Å². The summed E-state index contributed by atoms with van der Waals surface area (Å²) in [6.45, 7) is 7.25. The van der Waals surface area contributed by atoms with E-state index in [0.29, 0.717) is 11.6 Å². The second kappa shape index (κ2) is 8.37. The summed E-state index contributed by atoms with van der Waals surface area (Å²) in [6, 6.07) is 2.64. The lowest BCUT2D eigenvalue weighted by molar-refractivity contribution is -0.137. The maximum absolute atomic E-state index is 12.6. The van der Waals surface area contributed by atoms with Gasteiger partial charge < -0.3 is 5.32 Å². The van der Waals surface area contributed by atoms with Crippen LogP contribution in [0.15, 0.2) is 18.3 Å². The molecule has 0 aromatic carbocycles. The van der Waals surface area contributed by atoms with Gasteiger partial charge in [-0.15, -0.1) is 0 Å². The molecule has 5 heteroatoms. The summed E-state index contributed by atoms with van der Waals surface area (Å²) in [4.78, 5) is 4.01. The van der Waals surface area contributed by atoms with Crippen molar-refractivity contribution >= 4 is 0 Å². The third kappa shape index (κ3) is 6.46. The Bertz CT molecular complexity index is 399. The van der Waals surface area contributed by atoms with Crippen molar-refractivity contribution < 1.29 is 13.2 Å². The number of pyridine rings is 1. The number of hydrogen-bond donors (Lipinski definition) is 1. The highest BCUT2D eigenvalue weighted by Gasteiger charge is 2.30. The van der Waals surface area contributed by atoms with E-state index in [0.717, 1.165) is 44.5 Å². The van der Waals surface area contributed by atoms with E-state index >= 15 is 0 Å². The van der Waals surface area contributed by atoms with Gasteiger partial charge in [0.1, 0.15) is 0 Å². The van der Waals surface area contributed by atoms with Crippen LogP contribution in [0.5, 0.6) is 0 Å². The van der Waals surface area contributed by atoms with Crippen LogP contribution in [0.2, 0.25) is 0 Å². The maximum atomic E-state index is 12.6. The number of nitrogens with zero attached hydrogens (tertiary/aromatic N) is 1. The molecule has 0 radical (unpaired) electrons. The quantitative estimate of drug-likeness (QED) is 0.733. The van der Waals surface area contributed by atoms with Crippen molar-refractivity contribution in [2.75, 3.05) is 6.54 Å². The third-order valence-corrected chi connectivity index (χ3v) is 3.39. The Balaban J connectivity index is 2.72. The molecule has 1 aromatic heterocycles. The second-order valence-corrected chi connectivity index (χ2v) is 5.80. The van der Waals surface area contributed by atoms with Crippen molar-refractivity contribution in [3.05, 3.63) is 29.6 Å². The first-order valence-corrected chi connectivity index (χ1v) is 7.61. The maximum Gasteiger partial charge on any atom is 0.417 e. The van der Waals surface area contributed by atoms with Gasteiger partial charge in [0.25, 0.3) is 0 Å². The molecule has 1 N–H and O–H groups in total. The minimum absolute atomic E-state index is 0.0333. The van der Waals surface area contributed by atoms with Crippen LogP contribution < -0.4 is 5.32 Å². The first-order chi connectivity index (χ1) is 9.84. The van der Waals surface area contributed by atoms with Gasteiger partial charge in [0, 0.05) is 12.2 Å². The van der Waals surface area contributed by atoms with Crippen molar-refractivity contribution in [2.45, 2.75) is 58.7 Å². The third-order valence-electron chi connectivity index (χ3n) is 3.39. The van der Waals surface area contributed by atoms with Crippen LogP contribution in [0.1, 0.15) is 63.8 Å². The molecule has 0 saturated heterocycles. The van der Waals surface area contributed by atoms with E-state index in [2.05, 4.69) is 31.1 Å². The standard InChI is InChI=1S/C16H25F3N2/c1-4-10-20-14(7-5-6-12(2)3)15-9-8-13(11-21-15)16(17,18)19/h8-9,11-12,14,20H,4-7,10H2,1-3H3. The number of aromatic nitrogens is 1. The van der Waals surface area contributed by atoms with Gasteiger partial charge in [-0.25, -0.2) is 0 Å². The first kappa shape index (κ1) is 18.0. The van der Waals surface area contributed by atoms with E-state index in [9.17, 15) is 13.2 Å². The molecule has 0 aliphatic rings. The van der Waals surface area contributed by atoms with Gasteiger partial charge in [-0.1, -0.05) is 33.6 Å². The molecule has 1 aromatic rings. The Morgan fingerprint density at radius 1 is 1.19 bits per heavy atom. The molecule has 0 fully saturated rings. The molecule has 0 saturated carbocycles. The van der Waals surface area contributed by atoms with Crippen LogP contribution in [-0.4, -0.2) is 11.5 Å². The minimum atomic E-state index is -4.32. The highest BCUT2D eigenvalue weighted by Crippen LogP contribution is 2.29. The van der Waals surface area contributed by atoms with E-state index in [4.69, 9.17) is 0 Å². The highest BCUT2D eigenvalue weighted by molar-refractivity contribution is 5.19. The molecule has 120 valence electrons. The summed E-state index contributed by atoms with van der Waals surface area (Å²) in [6.07, 6.45) is 0.651. The van der Waals surface area contributed by atoms with Crippen LogP contribution in [0.25, 0.3) is 0 Å². The van der Waals surface area contributed by atoms with Gasteiger partial charge in [-0.2, -0.15) is 13.2 Å². The van der Waals surface area contributed by atoms with Crippen molar-refractivity contribution in [3.63, 3.8) is 0 Å². The Labute approximate surface area is 125 Å². The zero-order valence-electron chi connectivity index (χ0n) is 13.0. The number of alkyl halides is 3. The van der Waals surface area contributed by atoms with Crippen molar-refractivity contribution in [1.82, 2.24) is 10.3 Å². The van der Waals surface area contributed by atoms with E-state index in [1.54, 1.807) is 0 Å². The number of rotatable bonds is 8. The fourth-order valence-corrected chi connectivity index (χ4v) is 2.18. The van der Waals surface area contributed by atoms with Gasteiger partial charge in [-0.05, 0) is 37.4 Å². The smallest absolute Gasteiger partial charge is 0.309 e. The normalized spacial score (nSPS) is 13.7. The van der Waals surface area contributed by atoms with Crippen LogP contribution in [0.4, 0.5) is 13.2 Å². The molecule has 1 heterocycles. The molecule has 0 spiro atoms. The van der Waals surface area contributed by atoms with Gasteiger partial charge in [0.2, 0.25) is 0 Å². The lowest BCUT2D eigenvalue weighted by atomic mass is 10.0. The SMILES string of the molecule is CCCNC(CCCC(C)C)c1ccc(C(F)(F)F)cn1. The Morgan fingerprint density at radius 3 is 2.38 bits per heavy atom. The van der Waals surface area contributed by atoms with E-state index < -0.39 is 11.7 Å². The summed E-state index contributed by atoms with van der Waals surface area (Å²) in [5.41, 5.74) is 0.00266. The van der Waals surface area contributed by atoms with Crippen molar-refractivity contribution in [2.24, 2.45) is 5.92 Å². The summed E-state index contributed by atoms with van der Waals surface area (Å²) < 4.78 is 37.7. The Hall–Kier alpha value is -1.10. The number of nitrogens with one attached hydrogen (secondary N) is 1. The molecular formula is C16H25F3N2. The van der Waals surface area contributed by atoms with Crippen LogP contribution in [0.3, 0.4) is 0 Å². The average Bonchev–Trinajstić information content (AvgIpc) is 2.41. The van der Waals surface area contributed by atoms with E-state index in [-0.39, 0.29) is 6.04 Å². The molecule has 0 bridgehead atoms. The Morgan fingerprint density at radius 2 is 1.90 bits per heavy atom. The molecule has 0 amide bonds. The molecule has 1 unspecified atom stereocenters. The van der Waals surface area contributed by atoms with Gasteiger partial charge in [0.15, 0.2) is 0 Å². The fourth-order valence-electron chi connectivity index (χ4n) is 2.18. The number of halogens is 3. The lowest BCUT2D eigenvalue weighted by Gasteiger charge is -2.19. The molecule has 0 aliphatic carbocycles. The molecule has 21 heavy (non-hydrogen) atoms. The van der Waals surface area contributed by atoms with Crippen molar-refractivity contribution in [1.29, 1.82) is 0 Å². The summed E-state index contributed by atoms with van der Waals surface area (Å²) >= 11 is 0. The predicted molar refractivity (Wildman–Crippen MR) is 79.0 cm³/mol.